The first-order valence-corrected chi connectivity index (χ1v) is 21.5. The summed E-state index contributed by atoms with van der Waals surface area (Å²) in [5.41, 5.74) is 0.455. The average Bonchev–Trinajstić information content (AvgIpc) is 3.74. The maximum Gasteiger partial charge on any atom is 0.407 e. The summed E-state index contributed by atoms with van der Waals surface area (Å²) in [5, 5.41) is 6.36. The number of nitrogens with zero attached hydrogens (tertiary/aromatic N) is 2. The molecule has 13 nitrogen and oxygen atoms in total. The number of alkyl halides is 1. The van der Waals surface area contributed by atoms with Crippen LogP contribution in [0.15, 0.2) is 24.3 Å². The quantitative estimate of drug-likeness (QED) is 0.186. The minimum atomic E-state index is -4.10. The number of alkyl carbamates (subject to hydrolysis) is 1. The van der Waals surface area contributed by atoms with Gasteiger partial charge in [0, 0.05) is 41.1 Å². The standard InChI is InChI=1S/C40H61FN6O7S/c1-24(2)47(25(3)4)55(52,53)45-36(48)33-22-29-21-30(17-18-32(29)43-33)42-37(49)35-31(26-11-9-8-10-12-26)19-20-46(35)38(50)28-15-13-27(14-16-28)34(23-41)44-39(51)54-40(5,6)7/h17-18,21-22,24-28,31,34-35,43H,8-16,19-20,23H2,1-7H3,(H,42,49)(H,44,51)(H,45,48)/t27?,28?,31-,34+,35-/m0/s1. The zero-order valence-electron chi connectivity index (χ0n) is 33.5. The lowest BCUT2D eigenvalue weighted by Gasteiger charge is -2.37. The predicted octanol–water partition coefficient (Wildman–Crippen LogP) is 6.67. The molecule has 3 fully saturated rings. The highest BCUT2D eigenvalue weighted by atomic mass is 32.2. The molecule has 4 N–H and O–H groups in total. The number of nitrogens with one attached hydrogen (secondary N) is 4. The zero-order chi connectivity index (χ0) is 40.2. The summed E-state index contributed by atoms with van der Waals surface area (Å²) in [7, 11) is -4.10. The Balaban J connectivity index is 1.28. The molecule has 2 heterocycles. The zero-order valence-corrected chi connectivity index (χ0v) is 34.3. The van der Waals surface area contributed by atoms with Crippen molar-refractivity contribution in [1.29, 1.82) is 0 Å². The highest BCUT2D eigenvalue weighted by Gasteiger charge is 2.47. The van der Waals surface area contributed by atoms with Crippen LogP contribution in [0.3, 0.4) is 0 Å². The van der Waals surface area contributed by atoms with Crippen LogP contribution in [-0.2, 0) is 24.5 Å². The van der Waals surface area contributed by atoms with E-state index in [0.717, 1.165) is 32.1 Å². The van der Waals surface area contributed by atoms with Gasteiger partial charge in [-0.05, 0) is 123 Å². The van der Waals surface area contributed by atoms with Gasteiger partial charge >= 0.3 is 16.3 Å². The van der Waals surface area contributed by atoms with Crippen molar-refractivity contribution in [2.75, 3.05) is 18.5 Å². The molecule has 0 spiro atoms. The molecule has 3 aliphatic rings. The first-order chi connectivity index (χ1) is 25.9. The number of ether oxygens (including phenoxy) is 1. The highest BCUT2D eigenvalue weighted by Crippen LogP contribution is 2.41. The normalized spacial score (nSPS) is 23.3. The van der Waals surface area contributed by atoms with E-state index < -0.39 is 46.6 Å². The second kappa shape index (κ2) is 17.6. The van der Waals surface area contributed by atoms with Gasteiger partial charge in [-0.2, -0.15) is 12.7 Å². The van der Waals surface area contributed by atoms with Gasteiger partial charge in [0.25, 0.3) is 5.91 Å². The van der Waals surface area contributed by atoms with Gasteiger partial charge in [-0.25, -0.2) is 13.9 Å². The predicted molar refractivity (Wildman–Crippen MR) is 210 cm³/mol. The van der Waals surface area contributed by atoms with E-state index in [4.69, 9.17) is 4.74 Å². The fourth-order valence-electron chi connectivity index (χ4n) is 9.12. The van der Waals surface area contributed by atoms with E-state index in [9.17, 15) is 32.0 Å². The SMILES string of the molecule is CC(C)N(C(C)C)S(=O)(=O)NC(=O)c1cc2cc(NC(=O)[C@@H]3[C@H](C4CCCCC4)CCN3C(=O)C3CCC([C@@H](CF)NC(=O)OC(C)(C)C)CC3)ccc2[nH]1. The summed E-state index contributed by atoms with van der Waals surface area (Å²) in [6.45, 7) is 12.0. The van der Waals surface area contributed by atoms with Crippen molar-refractivity contribution < 1.29 is 36.7 Å². The number of fused-ring (bicyclic) bond motifs is 1. The molecule has 1 saturated heterocycles. The number of H-pyrrole nitrogens is 1. The number of aromatic amines is 1. The van der Waals surface area contributed by atoms with Gasteiger partial charge in [-0.1, -0.05) is 32.1 Å². The van der Waals surface area contributed by atoms with Crippen molar-refractivity contribution in [3.05, 3.63) is 30.0 Å². The number of halogens is 1. The van der Waals surface area contributed by atoms with E-state index >= 15 is 0 Å². The Morgan fingerprint density at radius 3 is 2.20 bits per heavy atom. The molecule has 0 radical (unpaired) electrons. The number of benzene rings is 1. The van der Waals surface area contributed by atoms with Crippen LogP contribution in [0.1, 0.15) is 123 Å². The number of aromatic nitrogens is 1. The van der Waals surface area contributed by atoms with Crippen LogP contribution in [-0.4, -0.2) is 89.4 Å². The Kier molecular flexibility index (Phi) is 13.6. The van der Waals surface area contributed by atoms with Gasteiger partial charge in [0.2, 0.25) is 11.8 Å². The number of rotatable bonds is 12. The van der Waals surface area contributed by atoms with Crippen LogP contribution < -0.4 is 15.4 Å². The number of likely N-dealkylation sites (tertiary alicyclic amines) is 1. The summed E-state index contributed by atoms with van der Waals surface area (Å²) in [5.74, 6) is -1.14. The van der Waals surface area contributed by atoms with Crippen molar-refractivity contribution >= 4 is 50.6 Å². The molecule has 15 heteroatoms. The fourth-order valence-corrected chi connectivity index (χ4v) is 10.7. The first-order valence-electron chi connectivity index (χ1n) is 20.0. The van der Waals surface area contributed by atoms with Crippen molar-refractivity contribution in [2.45, 2.75) is 142 Å². The topological polar surface area (TPSA) is 170 Å². The Morgan fingerprint density at radius 1 is 0.945 bits per heavy atom. The lowest BCUT2D eigenvalue weighted by Crippen LogP contribution is -2.50. The van der Waals surface area contributed by atoms with Gasteiger partial charge in [-0.15, -0.1) is 0 Å². The average molecular weight is 789 g/mol. The van der Waals surface area contributed by atoms with Crippen LogP contribution in [0.25, 0.3) is 10.9 Å². The molecule has 306 valence electrons. The molecule has 5 rings (SSSR count). The van der Waals surface area contributed by atoms with Crippen LogP contribution >= 0.6 is 0 Å². The lowest BCUT2D eigenvalue weighted by molar-refractivity contribution is -0.142. The number of hydrogen-bond donors (Lipinski definition) is 4. The van der Waals surface area contributed by atoms with Gasteiger partial charge in [0.05, 0.1) is 6.04 Å². The summed E-state index contributed by atoms with van der Waals surface area (Å²) in [6.07, 6.45) is 7.78. The smallest absolute Gasteiger partial charge is 0.407 e. The van der Waals surface area contributed by atoms with Crippen LogP contribution in [0.5, 0.6) is 0 Å². The molecular weight excluding hydrogens is 728 g/mol. The molecule has 1 aromatic heterocycles. The first kappa shape index (κ1) is 42.4. The third kappa shape index (κ3) is 10.4. The summed E-state index contributed by atoms with van der Waals surface area (Å²) < 4.78 is 48.9. The number of carbonyl (C=O) groups excluding carboxylic acids is 4. The second-order valence-electron chi connectivity index (χ2n) is 17.3. The van der Waals surface area contributed by atoms with Crippen LogP contribution in [0.4, 0.5) is 14.9 Å². The summed E-state index contributed by atoms with van der Waals surface area (Å²) in [6, 6.07) is 4.69. The third-order valence-corrected chi connectivity index (χ3v) is 13.3. The van der Waals surface area contributed by atoms with Gasteiger partial charge < -0.3 is 25.3 Å². The van der Waals surface area contributed by atoms with E-state index in [2.05, 4.69) is 20.3 Å². The van der Waals surface area contributed by atoms with Gasteiger partial charge in [-0.3, -0.25) is 14.4 Å². The Morgan fingerprint density at radius 2 is 1.60 bits per heavy atom. The molecule has 4 amide bonds. The molecule has 2 aliphatic carbocycles. The van der Waals surface area contributed by atoms with Gasteiger partial charge in [0.15, 0.2) is 0 Å². The molecule has 0 bridgehead atoms. The van der Waals surface area contributed by atoms with Crippen LogP contribution in [0, 0.1) is 23.7 Å². The van der Waals surface area contributed by atoms with E-state index in [0.29, 0.717) is 54.7 Å². The summed E-state index contributed by atoms with van der Waals surface area (Å²) >= 11 is 0. The molecule has 0 unspecified atom stereocenters. The lowest BCUT2D eigenvalue weighted by atomic mass is 9.76. The van der Waals surface area contributed by atoms with E-state index in [1.165, 1.54) is 10.7 Å². The Bertz CT molecular complexity index is 1790. The van der Waals surface area contributed by atoms with Crippen molar-refractivity contribution in [3.8, 4) is 0 Å². The number of amides is 4. The van der Waals surface area contributed by atoms with E-state index in [1.807, 2.05) is 0 Å². The largest absolute Gasteiger partial charge is 0.444 e. The minimum Gasteiger partial charge on any atom is -0.444 e. The molecule has 2 aromatic rings. The Hall–Kier alpha value is -3.72. The molecule has 55 heavy (non-hydrogen) atoms. The minimum absolute atomic E-state index is 0.0269. The molecular formula is C40H61FN6O7S. The van der Waals surface area contributed by atoms with E-state index in [1.54, 1.807) is 77.6 Å². The van der Waals surface area contributed by atoms with Crippen LogP contribution in [0.2, 0.25) is 0 Å². The van der Waals surface area contributed by atoms with Crippen molar-refractivity contribution in [1.82, 2.24) is 24.2 Å². The fraction of sp³-hybridized carbons (Fsp3) is 0.700. The number of hydrogen-bond acceptors (Lipinski definition) is 7. The maximum atomic E-state index is 14.3. The highest BCUT2D eigenvalue weighted by molar-refractivity contribution is 7.87. The van der Waals surface area contributed by atoms with Crippen molar-refractivity contribution in [3.63, 3.8) is 0 Å². The monoisotopic (exact) mass is 788 g/mol. The molecule has 3 atom stereocenters. The molecule has 1 aromatic carbocycles. The Labute approximate surface area is 325 Å². The maximum absolute atomic E-state index is 14.3. The number of carbonyl (C=O) groups is 4. The third-order valence-electron chi connectivity index (χ3n) is 11.5. The molecule has 1 aliphatic heterocycles. The van der Waals surface area contributed by atoms with Crippen molar-refractivity contribution in [2.24, 2.45) is 23.7 Å². The summed E-state index contributed by atoms with van der Waals surface area (Å²) in [4.78, 5) is 58.7. The second-order valence-corrected chi connectivity index (χ2v) is 18.8. The molecule has 2 saturated carbocycles. The number of anilines is 1. The van der Waals surface area contributed by atoms with Gasteiger partial charge in [0.1, 0.15) is 24.0 Å². The van der Waals surface area contributed by atoms with E-state index in [-0.39, 0.29) is 47.3 Å².